The fourth-order valence-electron chi connectivity index (χ4n) is 3.05. The number of aliphatic hydroxyl groups is 1. The van der Waals surface area contributed by atoms with Crippen molar-refractivity contribution in [3.05, 3.63) is 107 Å². The summed E-state index contributed by atoms with van der Waals surface area (Å²) in [5.41, 5.74) is 2.99. The van der Waals surface area contributed by atoms with Gasteiger partial charge in [-0.15, -0.1) is 0 Å². The summed E-state index contributed by atoms with van der Waals surface area (Å²) >= 11 is 0. The second kappa shape index (κ2) is 8.72. The van der Waals surface area contributed by atoms with Gasteiger partial charge in [0.2, 0.25) is 0 Å². The van der Waals surface area contributed by atoms with Crippen molar-refractivity contribution in [3.63, 3.8) is 0 Å². The average molecular weight is 374 g/mol. The molecule has 0 aliphatic rings. The molecular formula is C24H26N2O2. The Kier molecular flexibility index (Phi) is 6.12. The van der Waals surface area contributed by atoms with E-state index >= 15 is 0 Å². The molecule has 0 aliphatic heterocycles. The third kappa shape index (κ3) is 5.21. The first-order valence-corrected chi connectivity index (χ1v) is 9.39. The Labute approximate surface area is 166 Å². The summed E-state index contributed by atoms with van der Waals surface area (Å²) in [6.45, 7) is 3.91. The maximum absolute atomic E-state index is 12.5. The Hall–Kier alpha value is -3.11. The summed E-state index contributed by atoms with van der Waals surface area (Å²) in [6, 6.07) is 27.0. The number of amides is 2. The molecule has 0 bridgehead atoms. The van der Waals surface area contributed by atoms with E-state index in [0.717, 1.165) is 22.3 Å². The Morgan fingerprint density at radius 1 is 0.857 bits per heavy atom. The summed E-state index contributed by atoms with van der Waals surface area (Å²) in [5.74, 6) is 0. The zero-order valence-corrected chi connectivity index (χ0v) is 16.2. The van der Waals surface area contributed by atoms with E-state index in [1.54, 1.807) is 13.8 Å². The van der Waals surface area contributed by atoms with E-state index in [0.29, 0.717) is 6.54 Å². The van der Waals surface area contributed by atoms with Crippen LogP contribution in [0, 0.1) is 0 Å². The number of nitrogens with one attached hydrogen (secondary N) is 2. The van der Waals surface area contributed by atoms with Crippen LogP contribution in [0.4, 0.5) is 4.79 Å². The molecule has 0 atom stereocenters. The van der Waals surface area contributed by atoms with Gasteiger partial charge >= 0.3 is 6.03 Å². The van der Waals surface area contributed by atoms with Crippen LogP contribution in [0.2, 0.25) is 0 Å². The molecule has 0 fully saturated rings. The molecular weight excluding hydrogens is 348 g/mol. The number of hydrogen-bond donors (Lipinski definition) is 3. The molecule has 28 heavy (non-hydrogen) atoms. The van der Waals surface area contributed by atoms with Crippen molar-refractivity contribution >= 4 is 6.03 Å². The molecule has 0 spiro atoms. The molecule has 0 heterocycles. The average Bonchev–Trinajstić information content (AvgIpc) is 2.71. The summed E-state index contributed by atoms with van der Waals surface area (Å²) < 4.78 is 0. The highest BCUT2D eigenvalue weighted by Crippen LogP contribution is 2.22. The van der Waals surface area contributed by atoms with Crippen molar-refractivity contribution in [2.75, 3.05) is 0 Å². The molecule has 0 aliphatic carbocycles. The van der Waals surface area contributed by atoms with Gasteiger partial charge in [0.05, 0.1) is 11.6 Å². The van der Waals surface area contributed by atoms with Crippen LogP contribution >= 0.6 is 0 Å². The SMILES string of the molecule is CC(C)(O)c1ccc(CNC(=O)NC(c2ccccc2)c2ccccc2)cc1. The van der Waals surface area contributed by atoms with Crippen LogP contribution in [0.15, 0.2) is 84.9 Å². The highest BCUT2D eigenvalue weighted by atomic mass is 16.3. The molecule has 0 aromatic heterocycles. The minimum absolute atomic E-state index is 0.222. The van der Waals surface area contributed by atoms with Crippen LogP contribution < -0.4 is 10.6 Å². The minimum atomic E-state index is -0.873. The topological polar surface area (TPSA) is 61.4 Å². The molecule has 3 rings (SSSR count). The van der Waals surface area contributed by atoms with Gasteiger partial charge in [-0.05, 0) is 36.1 Å². The summed E-state index contributed by atoms with van der Waals surface area (Å²) in [6.07, 6.45) is 0. The molecule has 144 valence electrons. The molecule has 2 amide bonds. The molecule has 4 heteroatoms. The van der Waals surface area contributed by atoms with E-state index in [9.17, 15) is 9.90 Å². The van der Waals surface area contributed by atoms with Crippen molar-refractivity contribution < 1.29 is 9.90 Å². The largest absolute Gasteiger partial charge is 0.386 e. The van der Waals surface area contributed by atoms with Crippen molar-refractivity contribution in [1.82, 2.24) is 10.6 Å². The second-order valence-corrected chi connectivity index (χ2v) is 7.34. The first-order valence-electron chi connectivity index (χ1n) is 9.39. The van der Waals surface area contributed by atoms with E-state index in [-0.39, 0.29) is 12.1 Å². The van der Waals surface area contributed by atoms with Crippen LogP contribution in [0.1, 0.15) is 42.1 Å². The monoisotopic (exact) mass is 374 g/mol. The van der Waals surface area contributed by atoms with Crippen molar-refractivity contribution in [1.29, 1.82) is 0 Å². The van der Waals surface area contributed by atoms with Gasteiger partial charge in [0.15, 0.2) is 0 Å². The lowest BCUT2D eigenvalue weighted by Crippen LogP contribution is -2.38. The third-order valence-electron chi connectivity index (χ3n) is 4.65. The lowest BCUT2D eigenvalue weighted by Gasteiger charge is -2.20. The van der Waals surface area contributed by atoms with Gasteiger partial charge < -0.3 is 15.7 Å². The van der Waals surface area contributed by atoms with Crippen LogP contribution in [0.5, 0.6) is 0 Å². The Morgan fingerprint density at radius 2 is 1.36 bits per heavy atom. The van der Waals surface area contributed by atoms with Crippen molar-refractivity contribution in [2.24, 2.45) is 0 Å². The maximum Gasteiger partial charge on any atom is 0.315 e. The van der Waals surface area contributed by atoms with Gasteiger partial charge in [-0.2, -0.15) is 0 Å². The van der Waals surface area contributed by atoms with Crippen LogP contribution in [0.25, 0.3) is 0 Å². The minimum Gasteiger partial charge on any atom is -0.386 e. The molecule has 0 saturated carbocycles. The van der Waals surface area contributed by atoms with E-state index in [1.807, 2.05) is 84.9 Å². The smallest absolute Gasteiger partial charge is 0.315 e. The van der Waals surface area contributed by atoms with E-state index in [2.05, 4.69) is 10.6 Å². The quantitative estimate of drug-likeness (QED) is 0.595. The highest BCUT2D eigenvalue weighted by Gasteiger charge is 2.17. The highest BCUT2D eigenvalue weighted by molar-refractivity contribution is 5.75. The molecule has 0 radical (unpaired) electrons. The van der Waals surface area contributed by atoms with Crippen LogP contribution in [0.3, 0.4) is 0 Å². The van der Waals surface area contributed by atoms with E-state index in [1.165, 1.54) is 0 Å². The van der Waals surface area contributed by atoms with E-state index < -0.39 is 5.60 Å². The Balaban J connectivity index is 1.66. The predicted octanol–water partition coefficient (Wildman–Crippen LogP) is 4.50. The molecule has 0 saturated heterocycles. The molecule has 3 N–H and O–H groups in total. The molecule has 3 aromatic carbocycles. The first kappa shape index (κ1) is 19.6. The number of benzene rings is 3. The summed E-state index contributed by atoms with van der Waals surface area (Å²) in [5, 5.41) is 16.0. The van der Waals surface area contributed by atoms with Crippen LogP contribution in [-0.2, 0) is 12.1 Å². The van der Waals surface area contributed by atoms with Gasteiger partial charge in [0, 0.05) is 6.54 Å². The number of urea groups is 1. The molecule has 0 unspecified atom stereocenters. The normalized spacial score (nSPS) is 11.3. The summed E-state index contributed by atoms with van der Waals surface area (Å²) in [4.78, 5) is 12.5. The van der Waals surface area contributed by atoms with Crippen LogP contribution in [-0.4, -0.2) is 11.1 Å². The lowest BCUT2D eigenvalue weighted by molar-refractivity contribution is 0.0786. The first-order chi connectivity index (χ1) is 13.4. The van der Waals surface area contributed by atoms with Gasteiger partial charge in [-0.3, -0.25) is 0 Å². The van der Waals surface area contributed by atoms with Gasteiger partial charge in [-0.1, -0.05) is 84.9 Å². The summed E-state index contributed by atoms with van der Waals surface area (Å²) in [7, 11) is 0. The maximum atomic E-state index is 12.5. The molecule has 4 nitrogen and oxygen atoms in total. The fourth-order valence-corrected chi connectivity index (χ4v) is 3.05. The molecule has 3 aromatic rings. The number of carbonyl (C=O) groups excluding carboxylic acids is 1. The zero-order chi connectivity index (χ0) is 20.0. The number of hydrogen-bond acceptors (Lipinski definition) is 2. The van der Waals surface area contributed by atoms with Gasteiger partial charge in [0.1, 0.15) is 0 Å². The van der Waals surface area contributed by atoms with Gasteiger partial charge in [0.25, 0.3) is 0 Å². The van der Waals surface area contributed by atoms with Crippen molar-refractivity contribution in [2.45, 2.75) is 32.0 Å². The Morgan fingerprint density at radius 3 is 1.82 bits per heavy atom. The van der Waals surface area contributed by atoms with Gasteiger partial charge in [-0.25, -0.2) is 4.79 Å². The standard InChI is InChI=1S/C24H26N2O2/c1-24(2,28)21-15-13-18(14-16-21)17-25-23(27)26-22(19-9-5-3-6-10-19)20-11-7-4-8-12-20/h3-16,22,28H,17H2,1-2H3,(H2,25,26,27). The van der Waals surface area contributed by atoms with Crippen molar-refractivity contribution in [3.8, 4) is 0 Å². The zero-order valence-electron chi connectivity index (χ0n) is 16.2. The Bertz CT molecular complexity index is 846. The predicted molar refractivity (Wildman–Crippen MR) is 112 cm³/mol. The number of rotatable bonds is 6. The second-order valence-electron chi connectivity index (χ2n) is 7.34. The third-order valence-corrected chi connectivity index (χ3v) is 4.65. The number of carbonyl (C=O) groups is 1. The lowest BCUT2D eigenvalue weighted by atomic mass is 9.97. The fraction of sp³-hybridized carbons (Fsp3) is 0.208. The van der Waals surface area contributed by atoms with E-state index in [4.69, 9.17) is 0 Å².